The molecule has 0 atom stereocenters. The van der Waals surface area contributed by atoms with Crippen molar-refractivity contribution in [1.29, 1.82) is 0 Å². The maximum absolute atomic E-state index is 12.4. The number of likely N-dealkylation sites (N-methyl/N-ethyl adjacent to an activating group) is 1. The molecule has 1 aromatic carbocycles. The Hall–Kier alpha value is -1.88. The van der Waals surface area contributed by atoms with E-state index in [-0.39, 0.29) is 11.8 Å². The van der Waals surface area contributed by atoms with E-state index in [4.69, 9.17) is 0 Å². The largest absolute Gasteiger partial charge is 0.337 e. The van der Waals surface area contributed by atoms with Crippen LogP contribution in [0.15, 0.2) is 24.3 Å². The second kappa shape index (κ2) is 6.52. The van der Waals surface area contributed by atoms with Gasteiger partial charge in [0.15, 0.2) is 0 Å². The van der Waals surface area contributed by atoms with E-state index in [0.717, 1.165) is 32.6 Å². The number of hydrogen-bond acceptors (Lipinski definition) is 3. The predicted molar refractivity (Wildman–Crippen MR) is 78.8 cm³/mol. The summed E-state index contributed by atoms with van der Waals surface area (Å²) >= 11 is 0. The molecule has 1 fully saturated rings. The average Bonchev–Trinajstić information content (AvgIpc) is 2.63. The van der Waals surface area contributed by atoms with Gasteiger partial charge in [-0.2, -0.15) is 0 Å². The molecule has 5 heteroatoms. The van der Waals surface area contributed by atoms with Crippen molar-refractivity contribution in [3.8, 4) is 0 Å². The summed E-state index contributed by atoms with van der Waals surface area (Å²) in [4.78, 5) is 27.5. The van der Waals surface area contributed by atoms with Crippen LogP contribution >= 0.6 is 0 Å². The van der Waals surface area contributed by atoms with Crippen LogP contribution in [0.25, 0.3) is 0 Å². The molecule has 108 valence electrons. The molecule has 1 heterocycles. The molecule has 0 saturated carbocycles. The summed E-state index contributed by atoms with van der Waals surface area (Å²) in [6.45, 7) is 4.98. The van der Waals surface area contributed by atoms with Crippen LogP contribution in [0.1, 0.15) is 23.7 Å². The molecule has 1 aliphatic rings. The van der Waals surface area contributed by atoms with Crippen molar-refractivity contribution in [2.45, 2.75) is 13.3 Å². The Kier molecular flexibility index (Phi) is 4.74. The van der Waals surface area contributed by atoms with Crippen LogP contribution in [-0.4, -0.2) is 54.8 Å². The van der Waals surface area contributed by atoms with E-state index in [1.54, 1.807) is 24.3 Å². The lowest BCUT2D eigenvalue weighted by molar-refractivity contribution is -0.114. The number of carbonyl (C=O) groups is 2. The second-order valence-corrected chi connectivity index (χ2v) is 5.21. The fourth-order valence-corrected chi connectivity index (χ4v) is 2.33. The number of anilines is 1. The maximum atomic E-state index is 12.4. The van der Waals surface area contributed by atoms with Crippen LogP contribution in [0.2, 0.25) is 0 Å². The minimum Gasteiger partial charge on any atom is -0.337 e. The monoisotopic (exact) mass is 275 g/mol. The third-order valence-electron chi connectivity index (χ3n) is 3.46. The van der Waals surface area contributed by atoms with E-state index in [1.807, 2.05) is 4.90 Å². The fraction of sp³-hybridized carbons (Fsp3) is 0.467. The molecule has 0 aliphatic carbocycles. The van der Waals surface area contributed by atoms with Gasteiger partial charge in [-0.3, -0.25) is 9.59 Å². The summed E-state index contributed by atoms with van der Waals surface area (Å²) in [5.74, 6) is -0.0469. The first-order valence-electron chi connectivity index (χ1n) is 6.92. The highest BCUT2D eigenvalue weighted by atomic mass is 16.2. The van der Waals surface area contributed by atoms with Gasteiger partial charge in [0.25, 0.3) is 5.91 Å². The lowest BCUT2D eigenvalue weighted by atomic mass is 10.1. The molecular weight excluding hydrogens is 254 g/mol. The SMILES string of the molecule is CC(=O)Nc1ccc(C(=O)N2CCCN(C)CC2)cc1. The van der Waals surface area contributed by atoms with Crippen LogP contribution in [0.4, 0.5) is 5.69 Å². The van der Waals surface area contributed by atoms with Crippen LogP contribution in [0.5, 0.6) is 0 Å². The summed E-state index contributed by atoms with van der Waals surface area (Å²) in [7, 11) is 2.08. The van der Waals surface area contributed by atoms with E-state index in [0.29, 0.717) is 11.3 Å². The molecule has 1 aliphatic heterocycles. The first kappa shape index (κ1) is 14.5. The first-order valence-corrected chi connectivity index (χ1v) is 6.92. The number of nitrogens with one attached hydrogen (secondary N) is 1. The van der Waals surface area contributed by atoms with Crippen LogP contribution in [0.3, 0.4) is 0 Å². The summed E-state index contributed by atoms with van der Waals surface area (Å²) in [6, 6.07) is 7.06. The highest BCUT2D eigenvalue weighted by Crippen LogP contribution is 2.13. The van der Waals surface area contributed by atoms with Crippen LogP contribution in [0, 0.1) is 0 Å². The maximum Gasteiger partial charge on any atom is 0.253 e. The van der Waals surface area contributed by atoms with Gasteiger partial charge >= 0.3 is 0 Å². The minimum absolute atomic E-state index is 0.0645. The summed E-state index contributed by atoms with van der Waals surface area (Å²) in [6.07, 6.45) is 1.01. The second-order valence-electron chi connectivity index (χ2n) is 5.21. The Labute approximate surface area is 119 Å². The van der Waals surface area contributed by atoms with Gasteiger partial charge in [-0.05, 0) is 44.3 Å². The number of amides is 2. The zero-order valence-electron chi connectivity index (χ0n) is 12.1. The fourth-order valence-electron chi connectivity index (χ4n) is 2.33. The molecule has 0 aromatic heterocycles. The molecule has 0 unspecified atom stereocenters. The molecule has 20 heavy (non-hydrogen) atoms. The van der Waals surface area contributed by atoms with Crippen molar-refractivity contribution in [3.05, 3.63) is 29.8 Å². The van der Waals surface area contributed by atoms with Crippen molar-refractivity contribution in [2.75, 3.05) is 38.5 Å². The summed E-state index contributed by atoms with van der Waals surface area (Å²) in [5, 5.41) is 2.70. The Morgan fingerprint density at radius 2 is 1.75 bits per heavy atom. The van der Waals surface area contributed by atoms with Gasteiger partial charge in [0, 0.05) is 37.8 Å². The molecular formula is C15H21N3O2. The minimum atomic E-state index is -0.111. The van der Waals surface area contributed by atoms with Gasteiger partial charge < -0.3 is 15.1 Å². The highest BCUT2D eigenvalue weighted by molar-refractivity contribution is 5.95. The topological polar surface area (TPSA) is 52.7 Å². The van der Waals surface area contributed by atoms with E-state index >= 15 is 0 Å². The Morgan fingerprint density at radius 1 is 1.05 bits per heavy atom. The van der Waals surface area contributed by atoms with Gasteiger partial charge in [0.2, 0.25) is 5.91 Å². The van der Waals surface area contributed by atoms with Gasteiger partial charge in [-0.25, -0.2) is 0 Å². The predicted octanol–water partition coefficient (Wildman–Crippen LogP) is 1.42. The highest BCUT2D eigenvalue weighted by Gasteiger charge is 2.18. The number of hydrogen-bond donors (Lipinski definition) is 1. The molecule has 1 aromatic rings. The smallest absolute Gasteiger partial charge is 0.253 e. The van der Waals surface area contributed by atoms with Gasteiger partial charge in [0.05, 0.1) is 0 Å². The van der Waals surface area contributed by atoms with Crippen LogP contribution < -0.4 is 5.32 Å². The van der Waals surface area contributed by atoms with E-state index in [1.165, 1.54) is 6.92 Å². The lowest BCUT2D eigenvalue weighted by Gasteiger charge is -2.20. The third kappa shape index (κ3) is 3.81. The Bertz CT molecular complexity index is 484. The molecule has 1 N–H and O–H groups in total. The van der Waals surface area contributed by atoms with Crippen molar-refractivity contribution in [1.82, 2.24) is 9.80 Å². The molecule has 2 rings (SSSR count). The zero-order chi connectivity index (χ0) is 14.5. The quantitative estimate of drug-likeness (QED) is 0.888. The van der Waals surface area contributed by atoms with E-state index in [9.17, 15) is 9.59 Å². The van der Waals surface area contributed by atoms with Gasteiger partial charge in [-0.15, -0.1) is 0 Å². The zero-order valence-corrected chi connectivity index (χ0v) is 12.1. The molecule has 0 spiro atoms. The standard InChI is InChI=1S/C15H21N3O2/c1-12(19)16-14-6-4-13(5-7-14)15(20)18-9-3-8-17(2)10-11-18/h4-7H,3,8-11H2,1-2H3,(H,16,19). The normalized spacial score (nSPS) is 16.6. The van der Waals surface area contributed by atoms with Gasteiger partial charge in [0.1, 0.15) is 0 Å². The van der Waals surface area contributed by atoms with Crippen molar-refractivity contribution >= 4 is 17.5 Å². The van der Waals surface area contributed by atoms with Gasteiger partial charge in [-0.1, -0.05) is 0 Å². The number of carbonyl (C=O) groups excluding carboxylic acids is 2. The summed E-state index contributed by atoms with van der Waals surface area (Å²) < 4.78 is 0. The molecule has 0 bridgehead atoms. The average molecular weight is 275 g/mol. The third-order valence-corrected chi connectivity index (χ3v) is 3.46. The molecule has 0 radical (unpaired) electrons. The van der Waals surface area contributed by atoms with Crippen molar-refractivity contribution < 1.29 is 9.59 Å². The van der Waals surface area contributed by atoms with Crippen LogP contribution in [-0.2, 0) is 4.79 Å². The Morgan fingerprint density at radius 3 is 2.40 bits per heavy atom. The Balaban J connectivity index is 2.03. The first-order chi connectivity index (χ1) is 9.56. The number of benzene rings is 1. The molecule has 5 nitrogen and oxygen atoms in total. The molecule has 1 saturated heterocycles. The van der Waals surface area contributed by atoms with Crippen molar-refractivity contribution in [2.24, 2.45) is 0 Å². The number of rotatable bonds is 2. The van der Waals surface area contributed by atoms with E-state index < -0.39 is 0 Å². The van der Waals surface area contributed by atoms with E-state index in [2.05, 4.69) is 17.3 Å². The van der Waals surface area contributed by atoms with Crippen molar-refractivity contribution in [3.63, 3.8) is 0 Å². The summed E-state index contributed by atoms with van der Waals surface area (Å²) in [5.41, 5.74) is 1.38. The molecule has 2 amide bonds. The number of nitrogens with zero attached hydrogens (tertiary/aromatic N) is 2. The lowest BCUT2D eigenvalue weighted by Crippen LogP contribution is -2.34.